The quantitative estimate of drug-likeness (QED) is 0.268. The summed E-state index contributed by atoms with van der Waals surface area (Å²) in [4.78, 5) is 2.20. The highest BCUT2D eigenvalue weighted by atomic mass is 16.4. The van der Waals surface area contributed by atoms with Crippen molar-refractivity contribution in [1.82, 2.24) is 15.5 Å². The highest BCUT2D eigenvalue weighted by Crippen LogP contribution is 1.89. The van der Waals surface area contributed by atoms with Gasteiger partial charge in [0.1, 0.15) is 0 Å². The zero-order chi connectivity index (χ0) is 15.5. The summed E-state index contributed by atoms with van der Waals surface area (Å²) >= 11 is 0. The van der Waals surface area contributed by atoms with Gasteiger partial charge in [0.2, 0.25) is 0 Å². The molecule has 4 N–H and O–H groups in total. The number of nitrogens with one attached hydrogen (secondary N) is 2. The minimum absolute atomic E-state index is 0.0787. The van der Waals surface area contributed by atoms with E-state index >= 15 is 0 Å². The molecule has 0 amide bonds. The number of nitrogens with zero attached hydrogens (tertiary/aromatic N) is 3. The van der Waals surface area contributed by atoms with Crippen molar-refractivity contribution in [2.45, 2.75) is 39.8 Å². The first-order valence-electron chi connectivity index (χ1n) is 6.94. The molecule has 20 heavy (non-hydrogen) atoms. The van der Waals surface area contributed by atoms with Crippen molar-refractivity contribution in [1.29, 1.82) is 0 Å². The van der Waals surface area contributed by atoms with Crippen LogP contribution in [0.15, 0.2) is 10.3 Å². The van der Waals surface area contributed by atoms with Gasteiger partial charge in [-0.1, -0.05) is 10.3 Å². The van der Waals surface area contributed by atoms with Gasteiger partial charge >= 0.3 is 0 Å². The van der Waals surface area contributed by atoms with Crippen LogP contribution in [0.4, 0.5) is 0 Å². The fourth-order valence-corrected chi connectivity index (χ4v) is 1.52. The molecule has 0 aromatic heterocycles. The topological polar surface area (TPSA) is 92.5 Å². The van der Waals surface area contributed by atoms with Crippen molar-refractivity contribution in [3.8, 4) is 0 Å². The van der Waals surface area contributed by atoms with E-state index in [4.69, 9.17) is 10.4 Å². The molecule has 2 atom stereocenters. The molecule has 0 aliphatic rings. The molecule has 118 valence electrons. The van der Waals surface area contributed by atoms with Crippen LogP contribution in [0.2, 0.25) is 0 Å². The smallest absolute Gasteiger partial charge is 0.0706 e. The summed E-state index contributed by atoms with van der Waals surface area (Å²) in [7, 11) is 2.05. The van der Waals surface area contributed by atoms with Crippen molar-refractivity contribution in [3.05, 3.63) is 0 Å². The van der Waals surface area contributed by atoms with Gasteiger partial charge in [-0.3, -0.25) is 0 Å². The fourth-order valence-electron chi connectivity index (χ4n) is 1.52. The van der Waals surface area contributed by atoms with Crippen molar-refractivity contribution in [3.63, 3.8) is 0 Å². The van der Waals surface area contributed by atoms with E-state index in [9.17, 15) is 0 Å². The molecular weight excluding hydrogens is 258 g/mol. The Balaban J connectivity index is 3.72. The molecule has 0 spiro atoms. The second-order valence-electron chi connectivity index (χ2n) is 5.14. The molecule has 0 fully saturated rings. The molecule has 0 bridgehead atoms. The molecule has 0 aromatic rings. The standard InChI is InChI=1S/C13H29N5O2/c1-10(12(3)16-19)14-6-8-18(5)9-7-15-11(2)13(4)17-20/h10-11,14-15,19-20H,6-9H2,1-5H3/b16-12+,17-13+. The van der Waals surface area contributed by atoms with E-state index in [-0.39, 0.29) is 12.1 Å². The van der Waals surface area contributed by atoms with E-state index in [1.54, 1.807) is 13.8 Å². The summed E-state index contributed by atoms with van der Waals surface area (Å²) < 4.78 is 0. The number of hydrogen-bond donors (Lipinski definition) is 4. The third kappa shape index (κ3) is 8.08. The van der Waals surface area contributed by atoms with Gasteiger partial charge in [0.05, 0.1) is 11.4 Å². The Morgan fingerprint density at radius 3 is 1.60 bits per heavy atom. The number of rotatable bonds is 10. The monoisotopic (exact) mass is 287 g/mol. The zero-order valence-corrected chi connectivity index (χ0v) is 13.2. The largest absolute Gasteiger partial charge is 0.411 e. The number of oxime groups is 2. The van der Waals surface area contributed by atoms with Crippen LogP contribution in [0.3, 0.4) is 0 Å². The predicted molar refractivity (Wildman–Crippen MR) is 82.2 cm³/mol. The van der Waals surface area contributed by atoms with E-state index in [0.717, 1.165) is 26.2 Å². The van der Waals surface area contributed by atoms with E-state index < -0.39 is 0 Å². The first kappa shape index (κ1) is 18.8. The van der Waals surface area contributed by atoms with Crippen LogP contribution in [0.25, 0.3) is 0 Å². The second kappa shape index (κ2) is 10.6. The lowest BCUT2D eigenvalue weighted by Crippen LogP contribution is -2.41. The van der Waals surface area contributed by atoms with Crippen LogP contribution in [0.5, 0.6) is 0 Å². The fraction of sp³-hybridized carbons (Fsp3) is 0.846. The summed E-state index contributed by atoms with van der Waals surface area (Å²) in [5.74, 6) is 0. The molecule has 0 aliphatic heterocycles. The third-order valence-electron chi connectivity index (χ3n) is 3.46. The molecule has 0 saturated heterocycles. The molecule has 0 saturated carbocycles. The number of hydrogen-bond acceptors (Lipinski definition) is 7. The van der Waals surface area contributed by atoms with Crippen molar-refractivity contribution >= 4 is 11.4 Å². The van der Waals surface area contributed by atoms with Crippen molar-refractivity contribution in [2.24, 2.45) is 10.3 Å². The van der Waals surface area contributed by atoms with Gasteiger partial charge in [0.15, 0.2) is 0 Å². The summed E-state index contributed by atoms with van der Waals surface area (Å²) in [5, 5.41) is 30.2. The summed E-state index contributed by atoms with van der Waals surface area (Å²) in [6.45, 7) is 11.0. The van der Waals surface area contributed by atoms with Gasteiger partial charge in [-0.05, 0) is 34.7 Å². The molecule has 0 rings (SSSR count). The summed E-state index contributed by atoms with van der Waals surface area (Å²) in [6.07, 6.45) is 0. The minimum atomic E-state index is 0.0787. The Morgan fingerprint density at radius 1 is 0.950 bits per heavy atom. The summed E-state index contributed by atoms with van der Waals surface area (Å²) in [6, 6.07) is 0.157. The summed E-state index contributed by atoms with van der Waals surface area (Å²) in [5.41, 5.74) is 1.36. The Morgan fingerprint density at radius 2 is 1.30 bits per heavy atom. The molecule has 0 radical (unpaired) electrons. The first-order valence-corrected chi connectivity index (χ1v) is 6.94. The van der Waals surface area contributed by atoms with E-state index in [2.05, 4.69) is 32.9 Å². The third-order valence-corrected chi connectivity index (χ3v) is 3.46. The van der Waals surface area contributed by atoms with E-state index in [1.165, 1.54) is 0 Å². The SMILES string of the molecule is C/C(=N\O)C(C)NCCN(C)CCNC(C)/C(C)=N/O. The molecule has 0 aromatic carbocycles. The van der Waals surface area contributed by atoms with Crippen LogP contribution in [-0.4, -0.2) is 72.0 Å². The van der Waals surface area contributed by atoms with Crippen LogP contribution >= 0.6 is 0 Å². The highest BCUT2D eigenvalue weighted by molar-refractivity contribution is 5.86. The first-order chi connectivity index (χ1) is 9.42. The predicted octanol–water partition coefficient (Wildman–Crippen LogP) is 0.575. The Kier molecular flexibility index (Phi) is 9.96. The van der Waals surface area contributed by atoms with Crippen molar-refractivity contribution in [2.75, 3.05) is 33.2 Å². The second-order valence-corrected chi connectivity index (χ2v) is 5.14. The van der Waals surface area contributed by atoms with Crippen LogP contribution in [0.1, 0.15) is 27.7 Å². The van der Waals surface area contributed by atoms with E-state index in [1.807, 2.05) is 13.8 Å². The van der Waals surface area contributed by atoms with Gasteiger partial charge in [-0.15, -0.1) is 0 Å². The lowest BCUT2D eigenvalue weighted by molar-refractivity contribution is 0.309. The maximum Gasteiger partial charge on any atom is 0.0706 e. The van der Waals surface area contributed by atoms with Gasteiger partial charge < -0.3 is 25.9 Å². The Labute approximate surface area is 121 Å². The lowest BCUT2D eigenvalue weighted by atomic mass is 10.2. The van der Waals surface area contributed by atoms with Gasteiger partial charge in [0, 0.05) is 38.3 Å². The molecular formula is C13H29N5O2. The zero-order valence-electron chi connectivity index (χ0n) is 13.2. The number of likely N-dealkylation sites (N-methyl/N-ethyl adjacent to an activating group) is 1. The maximum absolute atomic E-state index is 8.65. The van der Waals surface area contributed by atoms with Crippen molar-refractivity contribution < 1.29 is 10.4 Å². The molecule has 0 heterocycles. The average molecular weight is 287 g/mol. The molecule has 7 heteroatoms. The lowest BCUT2D eigenvalue weighted by Gasteiger charge is -2.20. The Hall–Kier alpha value is -1.18. The van der Waals surface area contributed by atoms with Gasteiger partial charge in [-0.25, -0.2) is 0 Å². The maximum atomic E-state index is 8.65. The van der Waals surface area contributed by atoms with Crippen LogP contribution < -0.4 is 10.6 Å². The molecule has 0 aliphatic carbocycles. The van der Waals surface area contributed by atoms with E-state index in [0.29, 0.717) is 11.4 Å². The van der Waals surface area contributed by atoms with Gasteiger partial charge in [0.25, 0.3) is 0 Å². The van der Waals surface area contributed by atoms with Crippen LogP contribution in [0, 0.1) is 0 Å². The molecule has 2 unspecified atom stereocenters. The Bertz CT molecular complexity index is 290. The average Bonchev–Trinajstić information content (AvgIpc) is 2.44. The highest BCUT2D eigenvalue weighted by Gasteiger charge is 2.07. The molecule has 7 nitrogen and oxygen atoms in total. The van der Waals surface area contributed by atoms with Gasteiger partial charge in [-0.2, -0.15) is 0 Å². The van der Waals surface area contributed by atoms with Crippen LogP contribution in [-0.2, 0) is 0 Å². The minimum Gasteiger partial charge on any atom is -0.411 e. The normalized spacial score (nSPS) is 16.5.